The molecule has 0 unspecified atom stereocenters. The van der Waals surface area contributed by atoms with Gasteiger partial charge in [0.15, 0.2) is 9.84 Å². The van der Waals surface area contributed by atoms with Crippen LogP contribution in [0.1, 0.15) is 16.2 Å². The fourth-order valence-corrected chi connectivity index (χ4v) is 2.43. The SMILES string of the molecule is CN(Cc1ncc[nH]1)C(=O)c1cccc(S(C)(=O)=O)c1. The average Bonchev–Trinajstić information content (AvgIpc) is 2.90. The van der Waals surface area contributed by atoms with Crippen molar-refractivity contribution in [3.05, 3.63) is 48.0 Å². The standard InChI is InChI=1S/C13H15N3O3S/c1-16(9-12-14-6-7-15-12)13(17)10-4-3-5-11(8-10)20(2,18)19/h3-8H,9H2,1-2H3,(H,14,15). The average molecular weight is 293 g/mol. The van der Waals surface area contributed by atoms with Crippen LogP contribution < -0.4 is 0 Å². The molecule has 0 saturated carbocycles. The van der Waals surface area contributed by atoms with Gasteiger partial charge in [-0.2, -0.15) is 0 Å². The molecule has 1 aromatic heterocycles. The molecule has 0 atom stereocenters. The van der Waals surface area contributed by atoms with Gasteiger partial charge >= 0.3 is 0 Å². The van der Waals surface area contributed by atoms with Crippen molar-refractivity contribution in [2.24, 2.45) is 0 Å². The number of carbonyl (C=O) groups is 1. The molecule has 2 aromatic rings. The number of aromatic nitrogens is 2. The third-order valence-corrected chi connectivity index (χ3v) is 3.91. The molecule has 0 aliphatic heterocycles. The van der Waals surface area contributed by atoms with Crippen LogP contribution >= 0.6 is 0 Å². The first-order valence-corrected chi connectivity index (χ1v) is 7.81. The van der Waals surface area contributed by atoms with Gasteiger partial charge in [0.1, 0.15) is 5.82 Å². The second-order valence-electron chi connectivity index (χ2n) is 4.50. The summed E-state index contributed by atoms with van der Waals surface area (Å²) in [5.41, 5.74) is 0.335. The number of imidazole rings is 1. The molecule has 0 spiro atoms. The van der Waals surface area contributed by atoms with Crippen LogP contribution in [-0.2, 0) is 16.4 Å². The number of carbonyl (C=O) groups excluding carboxylic acids is 1. The molecule has 0 bridgehead atoms. The minimum atomic E-state index is -3.32. The Hall–Kier alpha value is -2.15. The second kappa shape index (κ2) is 5.46. The number of sulfone groups is 1. The number of nitrogens with zero attached hydrogens (tertiary/aromatic N) is 2. The van der Waals surface area contributed by atoms with Crippen molar-refractivity contribution in [3.63, 3.8) is 0 Å². The van der Waals surface area contributed by atoms with Crippen molar-refractivity contribution in [2.75, 3.05) is 13.3 Å². The summed E-state index contributed by atoms with van der Waals surface area (Å²) in [5, 5.41) is 0. The van der Waals surface area contributed by atoms with E-state index in [1.165, 1.54) is 17.0 Å². The monoisotopic (exact) mass is 293 g/mol. The van der Waals surface area contributed by atoms with E-state index in [1.54, 1.807) is 31.6 Å². The summed E-state index contributed by atoms with van der Waals surface area (Å²) in [7, 11) is -1.69. The Bertz CT molecular complexity index is 708. The Morgan fingerprint density at radius 2 is 2.15 bits per heavy atom. The van der Waals surface area contributed by atoms with E-state index in [2.05, 4.69) is 9.97 Å². The van der Waals surface area contributed by atoms with Gasteiger partial charge in [0.05, 0.1) is 11.4 Å². The van der Waals surface area contributed by atoms with Gasteiger partial charge in [0.2, 0.25) is 0 Å². The summed E-state index contributed by atoms with van der Waals surface area (Å²) in [6, 6.07) is 6.01. The molecular formula is C13H15N3O3S. The molecule has 0 aliphatic carbocycles. The summed E-state index contributed by atoms with van der Waals surface area (Å²) < 4.78 is 23.0. The topological polar surface area (TPSA) is 83.1 Å². The quantitative estimate of drug-likeness (QED) is 0.914. The minimum absolute atomic E-state index is 0.134. The smallest absolute Gasteiger partial charge is 0.254 e. The largest absolute Gasteiger partial charge is 0.347 e. The van der Waals surface area contributed by atoms with Crippen LogP contribution in [0.15, 0.2) is 41.6 Å². The maximum Gasteiger partial charge on any atom is 0.254 e. The predicted octanol–water partition coefficient (Wildman–Crippen LogP) is 1.09. The third-order valence-electron chi connectivity index (χ3n) is 2.80. The van der Waals surface area contributed by atoms with Crippen LogP contribution in [-0.4, -0.2) is 42.5 Å². The molecule has 0 fully saturated rings. The van der Waals surface area contributed by atoms with E-state index in [4.69, 9.17) is 0 Å². The van der Waals surface area contributed by atoms with Gasteiger partial charge in [-0.15, -0.1) is 0 Å². The maximum atomic E-state index is 12.2. The van der Waals surface area contributed by atoms with Gasteiger partial charge in [0, 0.05) is 31.3 Å². The fourth-order valence-electron chi connectivity index (χ4n) is 1.76. The first-order valence-electron chi connectivity index (χ1n) is 5.92. The molecule has 2 rings (SSSR count). The zero-order chi connectivity index (χ0) is 14.8. The zero-order valence-corrected chi connectivity index (χ0v) is 12.0. The van der Waals surface area contributed by atoms with Crippen LogP contribution in [0.3, 0.4) is 0 Å². The van der Waals surface area contributed by atoms with Gasteiger partial charge in [-0.25, -0.2) is 13.4 Å². The number of hydrogen-bond acceptors (Lipinski definition) is 4. The summed E-state index contributed by atoms with van der Waals surface area (Å²) >= 11 is 0. The van der Waals surface area contributed by atoms with Crippen molar-refractivity contribution < 1.29 is 13.2 Å². The van der Waals surface area contributed by atoms with E-state index in [0.717, 1.165) is 6.26 Å². The molecule has 1 amide bonds. The van der Waals surface area contributed by atoms with Gasteiger partial charge in [-0.05, 0) is 18.2 Å². The highest BCUT2D eigenvalue weighted by molar-refractivity contribution is 7.90. The second-order valence-corrected chi connectivity index (χ2v) is 6.51. The van der Waals surface area contributed by atoms with Gasteiger partial charge < -0.3 is 9.88 Å². The molecule has 20 heavy (non-hydrogen) atoms. The summed E-state index contributed by atoms with van der Waals surface area (Å²) in [5.74, 6) is 0.409. The Morgan fingerprint density at radius 1 is 1.40 bits per heavy atom. The Morgan fingerprint density at radius 3 is 2.75 bits per heavy atom. The van der Waals surface area contributed by atoms with E-state index >= 15 is 0 Å². The van der Waals surface area contributed by atoms with E-state index in [0.29, 0.717) is 17.9 Å². The van der Waals surface area contributed by atoms with E-state index in [-0.39, 0.29) is 10.8 Å². The highest BCUT2D eigenvalue weighted by Crippen LogP contribution is 2.13. The number of benzene rings is 1. The number of nitrogens with one attached hydrogen (secondary N) is 1. The number of aromatic amines is 1. The Kier molecular flexibility index (Phi) is 3.89. The van der Waals surface area contributed by atoms with E-state index in [9.17, 15) is 13.2 Å². The Labute approximate surface area is 117 Å². The molecule has 1 heterocycles. The highest BCUT2D eigenvalue weighted by atomic mass is 32.2. The zero-order valence-electron chi connectivity index (χ0n) is 11.2. The van der Waals surface area contributed by atoms with Crippen molar-refractivity contribution in [1.29, 1.82) is 0 Å². The molecule has 106 valence electrons. The number of rotatable bonds is 4. The predicted molar refractivity (Wildman–Crippen MR) is 73.9 cm³/mol. The van der Waals surface area contributed by atoms with Crippen LogP contribution in [0.25, 0.3) is 0 Å². The van der Waals surface area contributed by atoms with Gasteiger partial charge in [-0.1, -0.05) is 6.07 Å². The van der Waals surface area contributed by atoms with Crippen molar-refractivity contribution in [1.82, 2.24) is 14.9 Å². The van der Waals surface area contributed by atoms with Crippen LogP contribution in [0, 0.1) is 0 Å². The van der Waals surface area contributed by atoms with Crippen molar-refractivity contribution in [3.8, 4) is 0 Å². The third kappa shape index (κ3) is 3.24. The molecule has 0 aliphatic rings. The molecule has 1 aromatic carbocycles. The first kappa shape index (κ1) is 14.3. The van der Waals surface area contributed by atoms with Crippen LogP contribution in [0.2, 0.25) is 0 Å². The van der Waals surface area contributed by atoms with Crippen molar-refractivity contribution >= 4 is 15.7 Å². The number of amides is 1. The van der Waals surface area contributed by atoms with Gasteiger partial charge in [0.25, 0.3) is 5.91 Å². The summed E-state index contributed by atoms with van der Waals surface area (Å²) in [6.45, 7) is 0.328. The summed E-state index contributed by atoms with van der Waals surface area (Å²) in [6.07, 6.45) is 4.40. The molecular weight excluding hydrogens is 278 g/mol. The van der Waals surface area contributed by atoms with E-state index < -0.39 is 9.84 Å². The lowest BCUT2D eigenvalue weighted by molar-refractivity contribution is 0.0781. The van der Waals surface area contributed by atoms with Crippen LogP contribution in [0.4, 0.5) is 0 Å². The minimum Gasteiger partial charge on any atom is -0.347 e. The first-order chi connectivity index (χ1) is 9.38. The molecule has 0 radical (unpaired) electrons. The maximum absolute atomic E-state index is 12.2. The molecule has 7 heteroatoms. The lowest BCUT2D eigenvalue weighted by atomic mass is 10.2. The molecule has 0 saturated heterocycles. The summed E-state index contributed by atoms with van der Waals surface area (Å²) in [4.78, 5) is 20.8. The fraction of sp³-hybridized carbons (Fsp3) is 0.231. The highest BCUT2D eigenvalue weighted by Gasteiger charge is 2.15. The molecule has 1 N–H and O–H groups in total. The lowest BCUT2D eigenvalue weighted by Gasteiger charge is -2.16. The number of hydrogen-bond donors (Lipinski definition) is 1. The number of H-pyrrole nitrogens is 1. The van der Waals surface area contributed by atoms with Crippen molar-refractivity contribution in [2.45, 2.75) is 11.4 Å². The Balaban J connectivity index is 2.21. The lowest BCUT2D eigenvalue weighted by Crippen LogP contribution is -2.26. The van der Waals surface area contributed by atoms with Crippen LogP contribution in [0.5, 0.6) is 0 Å². The normalized spacial score (nSPS) is 11.3. The van der Waals surface area contributed by atoms with E-state index in [1.807, 2.05) is 0 Å². The van der Waals surface area contributed by atoms with Gasteiger partial charge in [-0.3, -0.25) is 4.79 Å². The molecule has 6 nitrogen and oxygen atoms in total.